The van der Waals surface area contributed by atoms with Gasteiger partial charge in [0.1, 0.15) is 6.61 Å². The van der Waals surface area contributed by atoms with E-state index < -0.39 is 5.97 Å². The van der Waals surface area contributed by atoms with Crippen LogP contribution in [0, 0.1) is 0 Å². The lowest BCUT2D eigenvalue weighted by Gasteiger charge is -2.13. The highest BCUT2D eigenvalue weighted by atomic mass is 35.5. The van der Waals surface area contributed by atoms with Gasteiger partial charge < -0.3 is 14.6 Å². The molecule has 37 heavy (non-hydrogen) atoms. The fraction of sp³-hybridized carbons (Fsp3) is 0.148. The molecule has 0 atom stereocenters. The third-order valence-corrected chi connectivity index (χ3v) is 6.95. The molecule has 0 saturated carbocycles. The van der Waals surface area contributed by atoms with Crippen LogP contribution in [-0.4, -0.2) is 40.7 Å². The number of hydrogen-bond donors (Lipinski definition) is 1. The minimum Gasteiger partial charge on any atom is -0.490 e. The third-order valence-electron chi connectivity index (χ3n) is 5.31. The maximum absolute atomic E-state index is 12.8. The smallest absolute Gasteiger partial charge is 0.335 e. The fourth-order valence-electron chi connectivity index (χ4n) is 3.39. The number of aliphatic imine (C=N–C) groups is 1. The summed E-state index contributed by atoms with van der Waals surface area (Å²) in [4.78, 5) is 30.3. The summed E-state index contributed by atoms with van der Waals surface area (Å²) in [6, 6.07) is 16.8. The number of carbonyl (C=O) groups is 2. The van der Waals surface area contributed by atoms with Crippen molar-refractivity contribution in [3.05, 3.63) is 92.3 Å². The first-order valence-electron chi connectivity index (χ1n) is 11.2. The highest BCUT2D eigenvalue weighted by molar-refractivity contribution is 8.18. The Balaban J connectivity index is 1.53. The lowest BCUT2D eigenvalue weighted by molar-refractivity contribution is -0.121. The Labute approximate surface area is 228 Å². The Morgan fingerprint density at radius 3 is 2.49 bits per heavy atom. The molecule has 0 aliphatic carbocycles. The summed E-state index contributed by atoms with van der Waals surface area (Å²) in [7, 11) is 1.64. The van der Waals surface area contributed by atoms with Crippen molar-refractivity contribution in [1.82, 2.24) is 4.90 Å². The van der Waals surface area contributed by atoms with E-state index in [1.54, 1.807) is 43.5 Å². The zero-order valence-electron chi connectivity index (χ0n) is 19.9. The zero-order chi connectivity index (χ0) is 26.5. The number of rotatable bonds is 8. The SMILES string of the molecule is CCOc1cc(/C=C2\SC(=Nc3ccc(C(=O)O)cc3)N(C)C2=O)ccc1OCc1ccc(Cl)cc1Cl. The van der Waals surface area contributed by atoms with Crippen LogP contribution >= 0.6 is 35.0 Å². The molecule has 3 aromatic carbocycles. The molecule has 1 heterocycles. The van der Waals surface area contributed by atoms with E-state index in [9.17, 15) is 9.59 Å². The second-order valence-electron chi connectivity index (χ2n) is 7.88. The van der Waals surface area contributed by atoms with Gasteiger partial charge in [0.05, 0.1) is 22.8 Å². The molecule has 1 amide bonds. The Morgan fingerprint density at radius 2 is 1.81 bits per heavy atom. The van der Waals surface area contributed by atoms with Crippen LogP contribution in [0.15, 0.2) is 70.6 Å². The predicted molar refractivity (Wildman–Crippen MR) is 147 cm³/mol. The number of ether oxygens (including phenoxy) is 2. The van der Waals surface area contributed by atoms with E-state index >= 15 is 0 Å². The fourth-order valence-corrected chi connectivity index (χ4v) is 4.84. The molecule has 1 N–H and O–H groups in total. The van der Waals surface area contributed by atoms with E-state index in [1.165, 1.54) is 28.8 Å². The van der Waals surface area contributed by atoms with Crippen molar-refractivity contribution in [1.29, 1.82) is 0 Å². The van der Waals surface area contributed by atoms with Crippen molar-refractivity contribution < 1.29 is 24.2 Å². The molecule has 1 aliphatic rings. The van der Waals surface area contributed by atoms with Crippen LogP contribution in [0.5, 0.6) is 11.5 Å². The van der Waals surface area contributed by atoms with E-state index in [4.69, 9.17) is 37.8 Å². The lowest BCUT2D eigenvalue weighted by atomic mass is 10.1. The van der Waals surface area contributed by atoms with Crippen LogP contribution in [0.1, 0.15) is 28.4 Å². The molecule has 0 bridgehead atoms. The van der Waals surface area contributed by atoms with Gasteiger partial charge in [0, 0.05) is 22.7 Å². The largest absolute Gasteiger partial charge is 0.490 e. The van der Waals surface area contributed by atoms with Gasteiger partial charge in [-0.25, -0.2) is 9.79 Å². The molecule has 7 nitrogen and oxygen atoms in total. The summed E-state index contributed by atoms with van der Waals surface area (Å²) >= 11 is 13.5. The van der Waals surface area contributed by atoms with Gasteiger partial charge in [-0.3, -0.25) is 9.69 Å². The Hall–Kier alpha value is -3.46. The van der Waals surface area contributed by atoms with E-state index in [0.717, 1.165) is 11.1 Å². The van der Waals surface area contributed by atoms with Gasteiger partial charge in [-0.15, -0.1) is 0 Å². The molecule has 1 fully saturated rings. The number of benzene rings is 3. The molecule has 0 aromatic heterocycles. The number of likely N-dealkylation sites (N-methyl/N-ethyl adjacent to an activating group) is 1. The highest BCUT2D eigenvalue weighted by Gasteiger charge is 2.30. The number of halogens is 2. The molecule has 0 unspecified atom stereocenters. The van der Waals surface area contributed by atoms with Gasteiger partial charge in [0.25, 0.3) is 5.91 Å². The number of nitrogens with zero attached hydrogens (tertiary/aromatic N) is 2. The number of thioether (sulfide) groups is 1. The van der Waals surface area contributed by atoms with Crippen molar-refractivity contribution in [2.75, 3.05) is 13.7 Å². The highest BCUT2D eigenvalue weighted by Crippen LogP contribution is 2.36. The zero-order valence-corrected chi connectivity index (χ0v) is 22.2. The molecule has 190 valence electrons. The standard InChI is InChI=1S/C27H22Cl2N2O5S/c1-3-35-23-12-16(4-11-22(23)36-15-18-5-8-19(28)14-21(18)29)13-24-25(32)31(2)27(37-24)30-20-9-6-17(7-10-20)26(33)34/h4-14H,3,15H2,1-2H3,(H,33,34)/b24-13-,30-27?. The second-order valence-corrected chi connectivity index (χ2v) is 9.74. The van der Waals surface area contributed by atoms with E-state index in [2.05, 4.69) is 4.99 Å². The monoisotopic (exact) mass is 556 g/mol. The molecule has 1 aliphatic heterocycles. The number of carboxylic acids is 1. The van der Waals surface area contributed by atoms with Gasteiger partial charge in [0.2, 0.25) is 0 Å². The first-order valence-corrected chi connectivity index (χ1v) is 12.8. The van der Waals surface area contributed by atoms with Gasteiger partial charge in [-0.1, -0.05) is 35.3 Å². The van der Waals surface area contributed by atoms with Crippen molar-refractivity contribution in [2.24, 2.45) is 4.99 Å². The van der Waals surface area contributed by atoms with Crippen LogP contribution in [0.4, 0.5) is 5.69 Å². The minimum atomic E-state index is -1.01. The maximum atomic E-state index is 12.8. The van der Waals surface area contributed by atoms with Gasteiger partial charge in [0.15, 0.2) is 16.7 Å². The predicted octanol–water partition coefficient (Wildman–Crippen LogP) is 6.90. The summed E-state index contributed by atoms with van der Waals surface area (Å²) < 4.78 is 11.7. The molecule has 0 spiro atoms. The van der Waals surface area contributed by atoms with E-state index in [1.807, 2.05) is 25.1 Å². The summed E-state index contributed by atoms with van der Waals surface area (Å²) in [6.07, 6.45) is 1.77. The van der Waals surface area contributed by atoms with E-state index in [0.29, 0.717) is 43.9 Å². The maximum Gasteiger partial charge on any atom is 0.335 e. The first-order chi connectivity index (χ1) is 17.7. The normalized spacial score (nSPS) is 15.5. The average molecular weight is 557 g/mol. The van der Waals surface area contributed by atoms with Gasteiger partial charge in [-0.05, 0) is 78.9 Å². The number of amidine groups is 1. The van der Waals surface area contributed by atoms with Crippen molar-refractivity contribution in [3.63, 3.8) is 0 Å². The number of amides is 1. The summed E-state index contributed by atoms with van der Waals surface area (Å²) in [6.45, 7) is 2.55. The summed E-state index contributed by atoms with van der Waals surface area (Å²) in [5.41, 5.74) is 2.27. The van der Waals surface area contributed by atoms with Crippen molar-refractivity contribution in [2.45, 2.75) is 13.5 Å². The van der Waals surface area contributed by atoms with Crippen LogP contribution in [0.2, 0.25) is 10.0 Å². The topological polar surface area (TPSA) is 88.4 Å². The molecule has 10 heteroatoms. The van der Waals surface area contributed by atoms with Crippen LogP contribution in [0.3, 0.4) is 0 Å². The van der Waals surface area contributed by atoms with E-state index in [-0.39, 0.29) is 18.1 Å². The van der Waals surface area contributed by atoms with Gasteiger partial charge >= 0.3 is 5.97 Å². The molecular formula is C27H22Cl2N2O5S. The number of carbonyl (C=O) groups excluding carboxylic acids is 1. The van der Waals surface area contributed by atoms with Crippen LogP contribution < -0.4 is 9.47 Å². The number of carboxylic acid groups (broad SMARTS) is 1. The molecule has 1 saturated heterocycles. The minimum absolute atomic E-state index is 0.168. The van der Waals surface area contributed by atoms with Crippen LogP contribution in [-0.2, 0) is 11.4 Å². The molecule has 4 rings (SSSR count). The quantitative estimate of drug-likeness (QED) is 0.303. The molecule has 3 aromatic rings. The molecular weight excluding hydrogens is 535 g/mol. The Kier molecular flexibility index (Phi) is 8.43. The summed E-state index contributed by atoms with van der Waals surface area (Å²) in [5.74, 6) is -0.118. The lowest BCUT2D eigenvalue weighted by Crippen LogP contribution is -2.23. The van der Waals surface area contributed by atoms with Gasteiger partial charge in [-0.2, -0.15) is 0 Å². The number of hydrogen-bond acceptors (Lipinski definition) is 6. The molecule has 0 radical (unpaired) electrons. The average Bonchev–Trinajstić information content (AvgIpc) is 3.12. The third kappa shape index (κ3) is 6.46. The summed E-state index contributed by atoms with van der Waals surface area (Å²) in [5, 5.41) is 10.6. The first kappa shape index (κ1) is 26.6. The second kappa shape index (κ2) is 11.7. The Morgan fingerprint density at radius 1 is 1.05 bits per heavy atom. The van der Waals surface area contributed by atoms with Crippen molar-refractivity contribution >= 4 is 63.8 Å². The van der Waals surface area contributed by atoms with Crippen molar-refractivity contribution in [3.8, 4) is 11.5 Å². The Bertz CT molecular complexity index is 1410. The number of aromatic carboxylic acids is 1. The van der Waals surface area contributed by atoms with Crippen LogP contribution in [0.25, 0.3) is 6.08 Å².